The predicted octanol–water partition coefficient (Wildman–Crippen LogP) is 0.0468. The van der Waals surface area contributed by atoms with E-state index in [9.17, 15) is 4.79 Å². The molecular weight excluding hydrogens is 260 g/mol. The van der Waals surface area contributed by atoms with Gasteiger partial charge in [0, 0.05) is 24.9 Å². The van der Waals surface area contributed by atoms with Crippen LogP contribution in [0.3, 0.4) is 0 Å². The zero-order valence-electron chi connectivity index (χ0n) is 10.8. The van der Waals surface area contributed by atoms with Gasteiger partial charge >= 0.3 is 0 Å². The van der Waals surface area contributed by atoms with Gasteiger partial charge in [-0.2, -0.15) is 4.98 Å². The van der Waals surface area contributed by atoms with Gasteiger partial charge in [-0.25, -0.2) is 0 Å². The van der Waals surface area contributed by atoms with E-state index in [4.69, 9.17) is 9.63 Å². The molecule has 0 aliphatic rings. The number of aromatic nitrogens is 3. The van der Waals surface area contributed by atoms with Gasteiger partial charge in [0.15, 0.2) is 5.82 Å². The summed E-state index contributed by atoms with van der Waals surface area (Å²) in [6.07, 6.45) is 2.95. The summed E-state index contributed by atoms with van der Waals surface area (Å²) >= 11 is 0. The number of hydrogen-bond acceptors (Lipinski definition) is 6. The molecule has 0 bridgehead atoms. The minimum absolute atomic E-state index is 0.169. The molecule has 2 aromatic heterocycles. The van der Waals surface area contributed by atoms with Crippen molar-refractivity contribution in [3.05, 3.63) is 41.3 Å². The average molecular weight is 272 g/mol. The maximum atomic E-state index is 11.9. The van der Waals surface area contributed by atoms with Crippen LogP contribution in [0, 0.1) is 18.8 Å². The first-order chi connectivity index (χ1) is 9.69. The van der Waals surface area contributed by atoms with Crippen molar-refractivity contribution in [1.29, 1.82) is 0 Å². The van der Waals surface area contributed by atoms with Crippen molar-refractivity contribution >= 4 is 5.91 Å². The zero-order valence-corrected chi connectivity index (χ0v) is 10.8. The smallest absolute Gasteiger partial charge is 0.253 e. The lowest BCUT2D eigenvalue weighted by Crippen LogP contribution is -2.23. The fourth-order valence-corrected chi connectivity index (χ4v) is 1.45. The van der Waals surface area contributed by atoms with Crippen molar-refractivity contribution in [2.24, 2.45) is 0 Å². The molecule has 0 radical (unpaired) electrons. The number of amides is 1. The standard InChI is InChI=1S/C13H12N4O3/c1-9-16-12(17-20-9)8-15-13(19)11-5-10(3-2-4-18)6-14-7-11/h5-7,18H,4,8H2,1H3,(H,15,19). The lowest BCUT2D eigenvalue weighted by atomic mass is 10.2. The molecule has 0 fully saturated rings. The number of aliphatic hydroxyl groups is 1. The lowest BCUT2D eigenvalue weighted by Gasteiger charge is -2.02. The van der Waals surface area contributed by atoms with E-state index in [2.05, 4.69) is 32.3 Å². The van der Waals surface area contributed by atoms with Crippen molar-refractivity contribution in [2.45, 2.75) is 13.5 Å². The van der Waals surface area contributed by atoms with Gasteiger partial charge in [0.2, 0.25) is 5.89 Å². The van der Waals surface area contributed by atoms with Gasteiger partial charge in [0.1, 0.15) is 6.61 Å². The van der Waals surface area contributed by atoms with Gasteiger partial charge in [0.25, 0.3) is 5.91 Å². The highest BCUT2D eigenvalue weighted by atomic mass is 16.5. The van der Waals surface area contributed by atoms with E-state index in [0.717, 1.165) is 0 Å². The third kappa shape index (κ3) is 3.63. The van der Waals surface area contributed by atoms with Gasteiger partial charge in [-0.05, 0) is 6.07 Å². The molecule has 7 nitrogen and oxygen atoms in total. The Morgan fingerprint density at radius 3 is 3.05 bits per heavy atom. The van der Waals surface area contributed by atoms with E-state index >= 15 is 0 Å². The largest absolute Gasteiger partial charge is 0.384 e. The molecule has 0 aromatic carbocycles. The number of nitrogens with one attached hydrogen (secondary N) is 1. The van der Waals surface area contributed by atoms with Crippen LogP contribution >= 0.6 is 0 Å². The molecule has 2 N–H and O–H groups in total. The summed E-state index contributed by atoms with van der Waals surface area (Å²) in [7, 11) is 0. The normalized spacial score (nSPS) is 9.70. The average Bonchev–Trinajstić information content (AvgIpc) is 2.88. The first kappa shape index (κ1) is 13.7. The van der Waals surface area contributed by atoms with Gasteiger partial charge in [-0.3, -0.25) is 9.78 Å². The topological polar surface area (TPSA) is 101 Å². The second-order valence-electron chi connectivity index (χ2n) is 3.83. The van der Waals surface area contributed by atoms with E-state index in [1.165, 1.54) is 12.4 Å². The Bertz CT molecular complexity index is 669. The summed E-state index contributed by atoms with van der Waals surface area (Å²) in [5.41, 5.74) is 0.928. The van der Waals surface area contributed by atoms with Crippen molar-refractivity contribution in [2.75, 3.05) is 6.61 Å². The number of carbonyl (C=O) groups excluding carboxylic acids is 1. The Balaban J connectivity index is 2.01. The third-order valence-corrected chi connectivity index (χ3v) is 2.29. The van der Waals surface area contributed by atoms with Crippen LogP contribution in [0.5, 0.6) is 0 Å². The molecule has 2 rings (SSSR count). The number of carbonyl (C=O) groups is 1. The quantitative estimate of drug-likeness (QED) is 0.765. The minimum atomic E-state index is -0.312. The summed E-state index contributed by atoms with van der Waals surface area (Å²) in [6.45, 7) is 1.60. The lowest BCUT2D eigenvalue weighted by molar-refractivity contribution is 0.0949. The summed E-state index contributed by atoms with van der Waals surface area (Å²) in [5.74, 6) is 5.71. The van der Waals surface area contributed by atoms with Crippen LogP contribution in [0.2, 0.25) is 0 Å². The monoisotopic (exact) mass is 272 g/mol. The second kappa shape index (κ2) is 6.45. The minimum Gasteiger partial charge on any atom is -0.384 e. The van der Waals surface area contributed by atoms with Gasteiger partial charge in [-0.15, -0.1) is 0 Å². The molecule has 0 atom stereocenters. The first-order valence-electron chi connectivity index (χ1n) is 5.81. The third-order valence-electron chi connectivity index (χ3n) is 2.29. The molecule has 0 aliphatic carbocycles. The highest BCUT2D eigenvalue weighted by Gasteiger charge is 2.08. The van der Waals surface area contributed by atoms with Crippen LogP contribution in [0.4, 0.5) is 0 Å². The number of pyridine rings is 1. The Morgan fingerprint density at radius 2 is 2.35 bits per heavy atom. The summed E-state index contributed by atoms with van der Waals surface area (Å²) in [4.78, 5) is 19.8. The van der Waals surface area contributed by atoms with Gasteiger partial charge < -0.3 is 14.9 Å². The van der Waals surface area contributed by atoms with Crippen LogP contribution in [0.25, 0.3) is 0 Å². The molecule has 0 saturated heterocycles. The first-order valence-corrected chi connectivity index (χ1v) is 5.81. The van der Waals surface area contributed by atoms with Crippen molar-refractivity contribution in [3.8, 4) is 11.8 Å². The molecule has 102 valence electrons. The van der Waals surface area contributed by atoms with E-state index in [1.54, 1.807) is 13.0 Å². The summed E-state index contributed by atoms with van der Waals surface area (Å²) in [5, 5.41) is 14.9. The SMILES string of the molecule is Cc1nc(CNC(=O)c2cncc(C#CCO)c2)no1. The summed E-state index contributed by atoms with van der Waals surface area (Å²) in [6, 6.07) is 1.59. The van der Waals surface area contributed by atoms with E-state index in [-0.39, 0.29) is 19.1 Å². The Morgan fingerprint density at radius 1 is 1.50 bits per heavy atom. The van der Waals surface area contributed by atoms with E-state index in [0.29, 0.717) is 22.8 Å². The number of rotatable bonds is 3. The molecule has 20 heavy (non-hydrogen) atoms. The van der Waals surface area contributed by atoms with Crippen molar-refractivity contribution in [3.63, 3.8) is 0 Å². The number of hydrogen-bond donors (Lipinski definition) is 2. The maximum absolute atomic E-state index is 11.9. The molecule has 1 amide bonds. The fourth-order valence-electron chi connectivity index (χ4n) is 1.45. The van der Waals surface area contributed by atoms with Crippen LogP contribution in [-0.4, -0.2) is 32.7 Å². The van der Waals surface area contributed by atoms with Crippen molar-refractivity contribution in [1.82, 2.24) is 20.4 Å². The number of nitrogens with zero attached hydrogens (tertiary/aromatic N) is 3. The molecule has 0 aliphatic heterocycles. The Labute approximate surface area is 115 Å². The van der Waals surface area contributed by atoms with Crippen LogP contribution < -0.4 is 5.32 Å². The number of aliphatic hydroxyl groups excluding tert-OH is 1. The fraction of sp³-hybridized carbons (Fsp3) is 0.231. The predicted molar refractivity (Wildman–Crippen MR) is 68.4 cm³/mol. The van der Waals surface area contributed by atoms with Gasteiger partial charge in [-0.1, -0.05) is 17.0 Å². The molecular formula is C13H12N4O3. The Kier molecular flexibility index (Phi) is 4.42. The van der Waals surface area contributed by atoms with Crippen LogP contribution in [0.1, 0.15) is 27.6 Å². The molecule has 2 heterocycles. The number of aryl methyl sites for hydroxylation is 1. The van der Waals surface area contributed by atoms with Crippen molar-refractivity contribution < 1.29 is 14.4 Å². The van der Waals surface area contributed by atoms with E-state index in [1.807, 2.05) is 0 Å². The Hall–Kier alpha value is -2.72. The highest BCUT2D eigenvalue weighted by molar-refractivity contribution is 5.94. The maximum Gasteiger partial charge on any atom is 0.253 e. The molecule has 0 spiro atoms. The zero-order chi connectivity index (χ0) is 14.4. The van der Waals surface area contributed by atoms with Gasteiger partial charge in [0.05, 0.1) is 12.1 Å². The molecule has 2 aromatic rings. The molecule has 0 saturated carbocycles. The highest BCUT2D eigenvalue weighted by Crippen LogP contribution is 2.02. The molecule has 0 unspecified atom stereocenters. The van der Waals surface area contributed by atoms with Crippen LogP contribution in [0.15, 0.2) is 23.0 Å². The van der Waals surface area contributed by atoms with Crippen LogP contribution in [-0.2, 0) is 6.54 Å². The second-order valence-corrected chi connectivity index (χ2v) is 3.83. The molecule has 7 heteroatoms. The van der Waals surface area contributed by atoms with E-state index < -0.39 is 0 Å². The summed E-state index contributed by atoms with van der Waals surface area (Å²) < 4.78 is 4.80.